The third kappa shape index (κ3) is 6.81. The molecule has 0 unspecified atom stereocenters. The molecule has 24 heavy (non-hydrogen) atoms. The van der Waals surface area contributed by atoms with Crippen molar-refractivity contribution in [1.82, 2.24) is 16.0 Å². The Morgan fingerprint density at radius 1 is 0.958 bits per heavy atom. The van der Waals surface area contributed by atoms with Crippen LogP contribution in [0.15, 0.2) is 24.3 Å². The van der Waals surface area contributed by atoms with Gasteiger partial charge in [0.1, 0.15) is 6.04 Å². The van der Waals surface area contributed by atoms with Crippen molar-refractivity contribution in [2.75, 3.05) is 13.1 Å². The summed E-state index contributed by atoms with van der Waals surface area (Å²) in [7, 11) is 0. The van der Waals surface area contributed by atoms with E-state index in [9.17, 15) is 14.4 Å². The molecule has 3 N–H and O–H groups in total. The number of carbonyl (C=O) groups excluding carboxylic acids is 3. The predicted octanol–water partition coefficient (Wildman–Crippen LogP) is 1.11. The van der Waals surface area contributed by atoms with Crippen LogP contribution < -0.4 is 16.0 Å². The van der Waals surface area contributed by atoms with Gasteiger partial charge in [-0.2, -0.15) is 0 Å². The van der Waals surface area contributed by atoms with Crippen LogP contribution in [0.1, 0.15) is 44.7 Å². The van der Waals surface area contributed by atoms with Crippen LogP contribution in [-0.4, -0.2) is 36.9 Å². The topological polar surface area (TPSA) is 87.3 Å². The smallest absolute Gasteiger partial charge is 0.242 e. The van der Waals surface area contributed by atoms with E-state index in [1.165, 1.54) is 5.56 Å². The summed E-state index contributed by atoms with van der Waals surface area (Å²) in [5.74, 6) is -0.420. The lowest BCUT2D eigenvalue weighted by molar-refractivity contribution is -0.129. The van der Waals surface area contributed by atoms with Crippen LogP contribution in [0, 0.1) is 0 Å². The fraction of sp³-hybridized carbons (Fsp3) is 0.500. The van der Waals surface area contributed by atoms with Crippen molar-refractivity contribution in [1.29, 1.82) is 0 Å². The maximum absolute atomic E-state index is 11.9. The van der Waals surface area contributed by atoms with Gasteiger partial charge in [-0.1, -0.05) is 38.1 Å². The summed E-state index contributed by atoms with van der Waals surface area (Å²) in [5.41, 5.74) is 2.12. The van der Waals surface area contributed by atoms with Gasteiger partial charge in [0.05, 0.1) is 13.0 Å². The molecule has 0 aliphatic heterocycles. The largest absolute Gasteiger partial charge is 0.355 e. The van der Waals surface area contributed by atoms with Gasteiger partial charge in [-0.25, -0.2) is 0 Å². The lowest BCUT2D eigenvalue weighted by Crippen LogP contribution is -2.48. The van der Waals surface area contributed by atoms with Gasteiger partial charge in [0.15, 0.2) is 0 Å². The number of likely N-dealkylation sites (N-methyl/N-ethyl adjacent to an activating group) is 1. The van der Waals surface area contributed by atoms with Gasteiger partial charge in [-0.05, 0) is 30.9 Å². The highest BCUT2D eigenvalue weighted by molar-refractivity contribution is 5.90. The van der Waals surface area contributed by atoms with Crippen LogP contribution in [0.3, 0.4) is 0 Å². The van der Waals surface area contributed by atoms with E-state index in [0.717, 1.165) is 5.56 Å². The van der Waals surface area contributed by atoms with Gasteiger partial charge in [-0.15, -0.1) is 0 Å². The summed E-state index contributed by atoms with van der Waals surface area (Å²) < 4.78 is 0. The van der Waals surface area contributed by atoms with Gasteiger partial charge in [-0.3, -0.25) is 14.4 Å². The number of benzene rings is 1. The first kappa shape index (κ1) is 19.7. The van der Waals surface area contributed by atoms with Gasteiger partial charge in [0, 0.05) is 6.54 Å². The van der Waals surface area contributed by atoms with E-state index in [0.29, 0.717) is 12.5 Å². The minimum atomic E-state index is -0.627. The standard InChI is InChI=1S/C18H27N3O3/c1-5-19-18(24)13(4)21-17(23)11-20-16(22)10-14-6-8-15(9-7-14)12(2)3/h6-9,12-13H,5,10-11H2,1-4H3,(H,19,24)(H,20,22)(H,21,23)/t13-/m0/s1. The summed E-state index contributed by atoms with van der Waals surface area (Å²) >= 11 is 0. The van der Waals surface area contributed by atoms with Crippen molar-refractivity contribution in [3.8, 4) is 0 Å². The maximum Gasteiger partial charge on any atom is 0.242 e. The third-order valence-electron chi connectivity index (χ3n) is 3.58. The summed E-state index contributed by atoms with van der Waals surface area (Å²) in [6, 6.07) is 7.23. The number of nitrogens with one attached hydrogen (secondary N) is 3. The molecule has 0 aromatic heterocycles. The minimum Gasteiger partial charge on any atom is -0.355 e. The summed E-state index contributed by atoms with van der Waals surface area (Å²) in [4.78, 5) is 35.1. The maximum atomic E-state index is 11.9. The molecule has 6 nitrogen and oxygen atoms in total. The fourth-order valence-electron chi connectivity index (χ4n) is 2.13. The molecule has 0 spiro atoms. The summed E-state index contributed by atoms with van der Waals surface area (Å²) in [6.07, 6.45) is 0.220. The van der Waals surface area contributed by atoms with Crippen LogP contribution in [0.5, 0.6) is 0 Å². The van der Waals surface area contributed by atoms with E-state index >= 15 is 0 Å². The Labute approximate surface area is 143 Å². The first-order valence-electron chi connectivity index (χ1n) is 8.26. The Bertz CT molecular complexity index is 567. The zero-order valence-corrected chi connectivity index (χ0v) is 14.8. The van der Waals surface area contributed by atoms with Crippen molar-refractivity contribution in [3.05, 3.63) is 35.4 Å². The molecular formula is C18H27N3O3. The Hall–Kier alpha value is -2.37. The highest BCUT2D eigenvalue weighted by Gasteiger charge is 2.15. The number of rotatable bonds is 8. The molecule has 1 aromatic carbocycles. The highest BCUT2D eigenvalue weighted by Crippen LogP contribution is 2.14. The third-order valence-corrected chi connectivity index (χ3v) is 3.58. The van der Waals surface area contributed by atoms with Crippen LogP contribution in [0.25, 0.3) is 0 Å². The molecular weight excluding hydrogens is 306 g/mol. The van der Waals surface area contributed by atoms with E-state index in [2.05, 4.69) is 29.8 Å². The van der Waals surface area contributed by atoms with Crippen molar-refractivity contribution in [3.63, 3.8) is 0 Å². The molecule has 6 heteroatoms. The van der Waals surface area contributed by atoms with Crippen molar-refractivity contribution >= 4 is 17.7 Å². The molecule has 0 radical (unpaired) electrons. The second-order valence-electron chi connectivity index (χ2n) is 6.03. The monoisotopic (exact) mass is 333 g/mol. The molecule has 1 atom stereocenters. The van der Waals surface area contributed by atoms with Gasteiger partial charge >= 0.3 is 0 Å². The van der Waals surface area contributed by atoms with Crippen LogP contribution in [-0.2, 0) is 20.8 Å². The highest BCUT2D eigenvalue weighted by atomic mass is 16.2. The SMILES string of the molecule is CCNC(=O)[C@H](C)NC(=O)CNC(=O)Cc1ccc(C(C)C)cc1. The molecule has 0 saturated carbocycles. The van der Waals surface area contributed by atoms with Crippen molar-refractivity contribution in [2.45, 2.75) is 46.1 Å². The molecule has 0 heterocycles. The minimum absolute atomic E-state index is 0.146. The van der Waals surface area contributed by atoms with E-state index in [-0.39, 0.29) is 24.8 Å². The molecule has 1 rings (SSSR count). The summed E-state index contributed by atoms with van der Waals surface area (Å²) in [6.45, 7) is 7.99. The van der Waals surface area contributed by atoms with Crippen LogP contribution in [0.2, 0.25) is 0 Å². The Morgan fingerprint density at radius 3 is 2.12 bits per heavy atom. The number of hydrogen-bond donors (Lipinski definition) is 3. The molecule has 132 valence electrons. The van der Waals surface area contributed by atoms with Gasteiger partial charge in [0.25, 0.3) is 0 Å². The second-order valence-corrected chi connectivity index (χ2v) is 6.03. The van der Waals surface area contributed by atoms with E-state index in [1.807, 2.05) is 24.3 Å². The van der Waals surface area contributed by atoms with Crippen LogP contribution >= 0.6 is 0 Å². The molecule has 0 aliphatic rings. The molecule has 0 fully saturated rings. The quantitative estimate of drug-likeness (QED) is 0.666. The van der Waals surface area contributed by atoms with Crippen molar-refractivity contribution < 1.29 is 14.4 Å². The average molecular weight is 333 g/mol. The van der Waals surface area contributed by atoms with Crippen LogP contribution in [0.4, 0.5) is 0 Å². The lowest BCUT2D eigenvalue weighted by atomic mass is 10.0. The van der Waals surface area contributed by atoms with E-state index in [1.54, 1.807) is 13.8 Å². The normalized spacial score (nSPS) is 11.7. The first-order valence-corrected chi connectivity index (χ1v) is 8.26. The zero-order valence-electron chi connectivity index (χ0n) is 14.8. The summed E-state index contributed by atoms with van der Waals surface area (Å²) in [5, 5.41) is 7.72. The number of amides is 3. The molecule has 1 aromatic rings. The van der Waals surface area contributed by atoms with Gasteiger partial charge in [0.2, 0.25) is 17.7 Å². The first-order chi connectivity index (χ1) is 11.3. The zero-order chi connectivity index (χ0) is 18.1. The fourth-order valence-corrected chi connectivity index (χ4v) is 2.13. The number of hydrogen-bond acceptors (Lipinski definition) is 3. The lowest BCUT2D eigenvalue weighted by Gasteiger charge is -2.13. The Kier molecular flexibility index (Phi) is 7.95. The number of carbonyl (C=O) groups is 3. The second kappa shape index (κ2) is 9.70. The van der Waals surface area contributed by atoms with Gasteiger partial charge < -0.3 is 16.0 Å². The van der Waals surface area contributed by atoms with E-state index in [4.69, 9.17) is 0 Å². The predicted molar refractivity (Wildman–Crippen MR) is 93.5 cm³/mol. The van der Waals surface area contributed by atoms with Crippen molar-refractivity contribution in [2.24, 2.45) is 0 Å². The van der Waals surface area contributed by atoms with E-state index < -0.39 is 11.9 Å². The molecule has 3 amide bonds. The molecule has 0 aliphatic carbocycles. The molecule has 0 bridgehead atoms. The Morgan fingerprint density at radius 2 is 1.58 bits per heavy atom. The molecule has 0 saturated heterocycles. The average Bonchev–Trinajstić information content (AvgIpc) is 2.53. The Balaban J connectivity index is 2.37.